The van der Waals surface area contributed by atoms with Crippen LogP contribution >= 0.6 is 23.1 Å². The number of hydrogen-bond acceptors (Lipinski definition) is 9. The number of nitrogens with one attached hydrogen (secondary N) is 2. The number of aliphatic hydroxyl groups is 1. The highest BCUT2D eigenvalue weighted by Gasteiger charge is 2.32. The number of unbranched alkanes of at least 4 members (excludes halogenated alkanes) is 2. The number of anilines is 2. The summed E-state index contributed by atoms with van der Waals surface area (Å²) in [5.74, 6) is 0.648. The molecule has 260 valence electrons. The molecule has 1 aliphatic heterocycles. The Morgan fingerprint density at radius 1 is 0.840 bits per heavy atom. The number of nitrogen functional groups attached to an aromatic ring is 1. The van der Waals surface area contributed by atoms with Gasteiger partial charge in [0.15, 0.2) is 10.6 Å². The molecule has 0 aliphatic carbocycles. The smallest absolute Gasteiger partial charge is 0.224 e. The van der Waals surface area contributed by atoms with Gasteiger partial charge in [-0.1, -0.05) is 91.0 Å². The Morgan fingerprint density at radius 2 is 1.54 bits per heavy atom. The number of aliphatic hydroxyl groups excluding tert-OH is 1. The van der Waals surface area contributed by atoms with Gasteiger partial charge in [0.2, 0.25) is 11.8 Å². The van der Waals surface area contributed by atoms with Gasteiger partial charge in [0, 0.05) is 37.1 Å². The second kappa shape index (κ2) is 17.6. The molecule has 50 heavy (non-hydrogen) atoms. The third-order valence-corrected chi connectivity index (χ3v) is 10.9. The molecule has 1 saturated heterocycles. The number of nitrogens with two attached hydrogens (primary N) is 1. The first-order chi connectivity index (χ1) is 24.4. The quantitative estimate of drug-likeness (QED) is 0.0489. The first kappa shape index (κ1) is 35.6. The minimum Gasteiger partial charge on any atom is -0.397 e. The highest BCUT2D eigenvalue weighted by Crippen LogP contribution is 2.40. The summed E-state index contributed by atoms with van der Waals surface area (Å²) in [6.07, 6.45) is 2.91. The van der Waals surface area contributed by atoms with Crippen molar-refractivity contribution < 1.29 is 24.2 Å². The maximum absolute atomic E-state index is 12.5. The average Bonchev–Trinajstić information content (AvgIpc) is 3.57. The van der Waals surface area contributed by atoms with Crippen LogP contribution in [0.4, 0.5) is 11.4 Å². The van der Waals surface area contributed by atoms with E-state index < -0.39 is 6.29 Å². The van der Waals surface area contributed by atoms with Gasteiger partial charge in [-0.25, -0.2) is 4.98 Å². The molecule has 2 heterocycles. The highest BCUT2D eigenvalue weighted by molar-refractivity contribution is 8.01. The molecule has 0 radical (unpaired) electrons. The zero-order valence-corrected chi connectivity index (χ0v) is 29.4. The van der Waals surface area contributed by atoms with Crippen LogP contribution in [0.3, 0.4) is 0 Å². The van der Waals surface area contributed by atoms with Gasteiger partial charge in [0.1, 0.15) is 0 Å². The molecule has 2 amide bonds. The number of hydrogen-bond donors (Lipinski definition) is 4. The summed E-state index contributed by atoms with van der Waals surface area (Å²) in [6, 6.07) is 31.2. The van der Waals surface area contributed by atoms with Gasteiger partial charge in [0.05, 0.1) is 40.4 Å². The molecule has 0 unspecified atom stereocenters. The van der Waals surface area contributed by atoms with Crippen molar-refractivity contribution in [2.75, 3.05) is 16.8 Å². The van der Waals surface area contributed by atoms with Crippen molar-refractivity contribution in [2.24, 2.45) is 0 Å². The second-order valence-corrected chi connectivity index (χ2v) is 14.6. The molecule has 0 saturated carbocycles. The molecule has 1 fully saturated rings. The number of nitrogens with zero attached hydrogens (tertiary/aromatic N) is 1. The van der Waals surface area contributed by atoms with Crippen LogP contribution in [0.5, 0.6) is 0 Å². The van der Waals surface area contributed by atoms with Crippen molar-refractivity contribution in [1.29, 1.82) is 0 Å². The van der Waals surface area contributed by atoms with Crippen LogP contribution in [-0.2, 0) is 32.2 Å². The Balaban J connectivity index is 0.980. The molecule has 5 N–H and O–H groups in total. The Kier molecular flexibility index (Phi) is 12.5. The summed E-state index contributed by atoms with van der Waals surface area (Å²) in [5, 5.41) is 15.4. The largest absolute Gasteiger partial charge is 0.397 e. The van der Waals surface area contributed by atoms with E-state index in [1.54, 1.807) is 35.2 Å². The number of thiazole rings is 1. The van der Waals surface area contributed by atoms with E-state index >= 15 is 0 Å². The normalized spacial score (nSPS) is 17.4. The number of carbonyl (C=O) groups excluding carboxylic acids is 2. The number of carbonyl (C=O) groups is 2. The Morgan fingerprint density at radius 3 is 2.30 bits per heavy atom. The van der Waals surface area contributed by atoms with Crippen molar-refractivity contribution in [3.05, 3.63) is 119 Å². The van der Waals surface area contributed by atoms with Gasteiger partial charge in [-0.05, 0) is 53.8 Å². The fourth-order valence-electron chi connectivity index (χ4n) is 5.75. The maximum atomic E-state index is 12.5. The third-order valence-electron chi connectivity index (χ3n) is 8.57. The number of benzene rings is 4. The van der Waals surface area contributed by atoms with Gasteiger partial charge in [0.25, 0.3) is 0 Å². The number of rotatable bonds is 15. The first-order valence-electron chi connectivity index (χ1n) is 16.9. The molecule has 0 spiro atoms. The molecule has 11 heteroatoms. The van der Waals surface area contributed by atoms with E-state index in [4.69, 9.17) is 20.2 Å². The summed E-state index contributed by atoms with van der Waals surface area (Å²) in [6.45, 7) is 0.422. The van der Waals surface area contributed by atoms with Crippen molar-refractivity contribution in [3.8, 4) is 0 Å². The van der Waals surface area contributed by atoms with Crippen LogP contribution in [-0.4, -0.2) is 33.8 Å². The molecule has 1 aliphatic rings. The van der Waals surface area contributed by atoms with E-state index in [9.17, 15) is 14.7 Å². The van der Waals surface area contributed by atoms with Gasteiger partial charge in [-0.3, -0.25) is 9.59 Å². The summed E-state index contributed by atoms with van der Waals surface area (Å²) >= 11 is 3.40. The fraction of sp³-hybridized carbons (Fsp3) is 0.308. The topological polar surface area (TPSA) is 136 Å². The predicted octanol–water partition coefficient (Wildman–Crippen LogP) is 7.91. The minimum atomic E-state index is -0.553. The lowest BCUT2D eigenvalue weighted by atomic mass is 10.0. The van der Waals surface area contributed by atoms with Gasteiger partial charge < -0.3 is 30.9 Å². The molecular weight excluding hydrogens is 669 g/mol. The number of para-hydroxylation sites is 3. The van der Waals surface area contributed by atoms with E-state index in [0.717, 1.165) is 44.3 Å². The van der Waals surface area contributed by atoms with Crippen LogP contribution in [0.25, 0.3) is 10.2 Å². The number of aromatic nitrogens is 1. The fourth-order valence-corrected chi connectivity index (χ4v) is 7.87. The summed E-state index contributed by atoms with van der Waals surface area (Å²) < 4.78 is 15.2. The lowest BCUT2D eigenvalue weighted by molar-refractivity contribution is -0.245. The van der Waals surface area contributed by atoms with Gasteiger partial charge in [-0.15, -0.1) is 11.3 Å². The standard InChI is InChI=1S/C39H42N4O5S2/c40-31-8-4-5-9-32(31)42-37(46)13-3-1-2-12-36(45)41-23-26-14-20-29(21-15-26)38-47-30(22-34(48-38)28-18-16-27(24-44)17-19-28)25-49-39-43-33-10-6-7-11-35(33)50-39/h4-11,14-21,30,34,38,44H,1-3,12-13,22-25,40H2,(H,41,45)(H,42,46)/t30-,34+,38+/m0/s1. The van der Waals surface area contributed by atoms with Crippen molar-refractivity contribution in [1.82, 2.24) is 10.3 Å². The summed E-state index contributed by atoms with van der Waals surface area (Å²) in [5.41, 5.74) is 11.9. The van der Waals surface area contributed by atoms with Gasteiger partial charge >= 0.3 is 0 Å². The first-order valence-corrected chi connectivity index (χ1v) is 18.7. The number of fused-ring (bicyclic) bond motifs is 1. The van der Waals surface area contributed by atoms with E-state index in [0.29, 0.717) is 50.0 Å². The zero-order chi connectivity index (χ0) is 34.7. The summed E-state index contributed by atoms with van der Waals surface area (Å²) in [7, 11) is 0. The Bertz CT molecular complexity index is 1830. The number of ether oxygens (including phenoxy) is 2. The Labute approximate surface area is 300 Å². The highest BCUT2D eigenvalue weighted by atomic mass is 32.2. The van der Waals surface area contributed by atoms with E-state index in [1.807, 2.05) is 78.9 Å². The van der Waals surface area contributed by atoms with Crippen molar-refractivity contribution in [2.45, 2.75) is 74.5 Å². The van der Waals surface area contributed by atoms with Crippen LogP contribution in [0.15, 0.2) is 101 Å². The minimum absolute atomic E-state index is 0.00200. The lowest BCUT2D eigenvalue weighted by Gasteiger charge is -2.36. The molecule has 4 aromatic carbocycles. The van der Waals surface area contributed by atoms with Crippen LogP contribution in [0, 0.1) is 0 Å². The number of thioether (sulfide) groups is 1. The molecule has 9 nitrogen and oxygen atoms in total. The van der Waals surface area contributed by atoms with E-state index in [2.05, 4.69) is 16.7 Å². The molecule has 3 atom stereocenters. The van der Waals surface area contributed by atoms with Crippen molar-refractivity contribution >= 4 is 56.5 Å². The average molecular weight is 711 g/mol. The molecule has 1 aromatic heterocycles. The molecule has 0 bridgehead atoms. The molecular formula is C39H42N4O5S2. The van der Waals surface area contributed by atoms with Crippen molar-refractivity contribution in [3.63, 3.8) is 0 Å². The number of amides is 2. The third kappa shape index (κ3) is 9.92. The SMILES string of the molecule is Nc1ccccc1NC(=O)CCCCCC(=O)NCc1ccc([C@@H]2O[C@H](CSc3nc4ccccc4s3)C[C@H](c3ccc(CO)cc3)O2)cc1. The van der Waals surface area contributed by atoms with E-state index in [1.165, 1.54) is 4.70 Å². The zero-order valence-electron chi connectivity index (χ0n) is 27.8. The van der Waals surface area contributed by atoms with Crippen LogP contribution < -0.4 is 16.4 Å². The molecule has 6 rings (SSSR count). The van der Waals surface area contributed by atoms with E-state index in [-0.39, 0.29) is 30.6 Å². The molecule has 5 aromatic rings. The van der Waals surface area contributed by atoms with Crippen LogP contribution in [0.1, 0.15) is 73.2 Å². The summed E-state index contributed by atoms with van der Waals surface area (Å²) in [4.78, 5) is 29.5. The van der Waals surface area contributed by atoms with Crippen LogP contribution in [0.2, 0.25) is 0 Å². The monoisotopic (exact) mass is 710 g/mol. The van der Waals surface area contributed by atoms with Gasteiger partial charge in [-0.2, -0.15) is 0 Å². The maximum Gasteiger partial charge on any atom is 0.224 e. The second-order valence-electron chi connectivity index (χ2n) is 12.3. The predicted molar refractivity (Wildman–Crippen MR) is 200 cm³/mol. The lowest BCUT2D eigenvalue weighted by Crippen LogP contribution is -2.31. The Hall–Kier alpha value is -4.26.